The van der Waals surface area contributed by atoms with Crippen molar-refractivity contribution in [2.24, 2.45) is 0 Å². The van der Waals surface area contributed by atoms with Crippen LogP contribution in [0.25, 0.3) is 10.9 Å². The van der Waals surface area contributed by atoms with Gasteiger partial charge in [0.05, 0.1) is 5.52 Å². The Morgan fingerprint density at radius 3 is 2.17 bits per heavy atom. The van der Waals surface area contributed by atoms with E-state index in [1.54, 1.807) is 0 Å². The molecule has 0 spiro atoms. The summed E-state index contributed by atoms with van der Waals surface area (Å²) in [5, 5.41) is 1.91. The fourth-order valence-corrected chi connectivity index (χ4v) is 3.34. The van der Waals surface area contributed by atoms with Crippen molar-refractivity contribution in [1.29, 1.82) is 0 Å². The third-order valence-electron chi connectivity index (χ3n) is 4.31. The second kappa shape index (κ2) is 6.46. The van der Waals surface area contributed by atoms with Crippen molar-refractivity contribution in [3.63, 3.8) is 0 Å². The fraction of sp³-hybridized carbons (Fsp3) is 0.0455. The lowest BCUT2D eigenvalue weighted by Gasteiger charge is -2.20. The van der Waals surface area contributed by atoms with E-state index in [1.165, 1.54) is 16.7 Å². The van der Waals surface area contributed by atoms with E-state index in [0.717, 1.165) is 15.9 Å². The molecule has 4 aromatic rings. The molecule has 4 rings (SSSR count). The second-order valence-electron chi connectivity index (χ2n) is 5.82. The molecular formula is C22H16ClN. The van der Waals surface area contributed by atoms with E-state index in [-0.39, 0.29) is 5.92 Å². The summed E-state index contributed by atoms with van der Waals surface area (Å²) in [5.41, 5.74) is 4.71. The van der Waals surface area contributed by atoms with E-state index < -0.39 is 0 Å². The van der Waals surface area contributed by atoms with Gasteiger partial charge in [-0.15, -0.1) is 0 Å². The number of pyridine rings is 1. The van der Waals surface area contributed by atoms with E-state index in [1.807, 2.05) is 30.5 Å². The van der Waals surface area contributed by atoms with Gasteiger partial charge in [0, 0.05) is 22.5 Å². The molecule has 2 heteroatoms. The van der Waals surface area contributed by atoms with Crippen LogP contribution in [0, 0.1) is 0 Å². The van der Waals surface area contributed by atoms with Crippen LogP contribution in [0.4, 0.5) is 0 Å². The maximum absolute atomic E-state index is 6.09. The largest absolute Gasteiger partial charge is 0.256 e. The molecule has 0 fully saturated rings. The molecular weight excluding hydrogens is 314 g/mol. The van der Waals surface area contributed by atoms with Gasteiger partial charge in [-0.3, -0.25) is 4.98 Å². The van der Waals surface area contributed by atoms with Gasteiger partial charge in [-0.05, 0) is 34.9 Å². The van der Waals surface area contributed by atoms with Gasteiger partial charge in [0.15, 0.2) is 0 Å². The summed E-state index contributed by atoms with van der Waals surface area (Å²) in [4.78, 5) is 4.64. The number of para-hydroxylation sites is 1. The number of benzene rings is 3. The SMILES string of the molecule is Clc1ccc(C(c2ccccc2)c2cccc3cccnc23)cc1. The summed E-state index contributed by atoms with van der Waals surface area (Å²) >= 11 is 6.09. The Bertz CT molecular complexity index is 957. The lowest BCUT2D eigenvalue weighted by atomic mass is 9.84. The minimum absolute atomic E-state index is 0.127. The number of hydrogen-bond acceptors (Lipinski definition) is 1. The van der Waals surface area contributed by atoms with Crippen molar-refractivity contribution in [1.82, 2.24) is 4.98 Å². The average Bonchev–Trinajstić information content (AvgIpc) is 2.65. The van der Waals surface area contributed by atoms with Crippen LogP contribution in [0.2, 0.25) is 5.02 Å². The third kappa shape index (κ3) is 2.79. The number of hydrogen-bond donors (Lipinski definition) is 0. The quantitative estimate of drug-likeness (QED) is 0.416. The van der Waals surface area contributed by atoms with Crippen LogP contribution in [-0.2, 0) is 0 Å². The Morgan fingerprint density at radius 2 is 1.38 bits per heavy atom. The van der Waals surface area contributed by atoms with E-state index in [2.05, 4.69) is 65.6 Å². The highest BCUT2D eigenvalue weighted by Crippen LogP contribution is 2.35. The molecule has 24 heavy (non-hydrogen) atoms. The zero-order chi connectivity index (χ0) is 16.4. The molecule has 3 aromatic carbocycles. The molecule has 1 unspecified atom stereocenters. The molecule has 1 nitrogen and oxygen atoms in total. The molecule has 0 saturated heterocycles. The van der Waals surface area contributed by atoms with Crippen molar-refractivity contribution in [3.05, 3.63) is 113 Å². The number of rotatable bonds is 3. The molecule has 0 aliphatic heterocycles. The van der Waals surface area contributed by atoms with Gasteiger partial charge in [-0.1, -0.05) is 78.3 Å². The van der Waals surface area contributed by atoms with Crippen molar-refractivity contribution in [2.75, 3.05) is 0 Å². The number of aromatic nitrogens is 1. The Hall–Kier alpha value is -2.64. The van der Waals surface area contributed by atoms with Crippen molar-refractivity contribution >= 4 is 22.5 Å². The number of halogens is 1. The second-order valence-corrected chi connectivity index (χ2v) is 6.25. The minimum Gasteiger partial charge on any atom is -0.256 e. The standard InChI is InChI=1S/C22H16ClN/c23-19-13-11-17(12-14-19)21(16-6-2-1-3-7-16)20-10-4-8-18-9-5-15-24-22(18)20/h1-15,21H. The molecule has 1 heterocycles. The smallest absolute Gasteiger partial charge is 0.0743 e. The maximum atomic E-state index is 6.09. The third-order valence-corrected chi connectivity index (χ3v) is 4.56. The van der Waals surface area contributed by atoms with Gasteiger partial charge in [-0.25, -0.2) is 0 Å². The van der Waals surface area contributed by atoms with Crippen molar-refractivity contribution in [3.8, 4) is 0 Å². The predicted molar refractivity (Wildman–Crippen MR) is 101 cm³/mol. The molecule has 0 aliphatic rings. The van der Waals surface area contributed by atoms with Crippen LogP contribution in [-0.4, -0.2) is 4.98 Å². The van der Waals surface area contributed by atoms with Crippen molar-refractivity contribution in [2.45, 2.75) is 5.92 Å². The molecule has 0 aliphatic carbocycles. The monoisotopic (exact) mass is 329 g/mol. The van der Waals surface area contributed by atoms with Crippen LogP contribution in [0.1, 0.15) is 22.6 Å². The molecule has 0 amide bonds. The Balaban J connectivity index is 1.97. The highest BCUT2D eigenvalue weighted by atomic mass is 35.5. The van der Waals surface area contributed by atoms with E-state index >= 15 is 0 Å². The maximum Gasteiger partial charge on any atom is 0.0743 e. The normalized spacial score (nSPS) is 12.2. The highest BCUT2D eigenvalue weighted by molar-refractivity contribution is 6.30. The first-order valence-corrected chi connectivity index (χ1v) is 8.35. The average molecular weight is 330 g/mol. The molecule has 116 valence electrons. The molecule has 1 aromatic heterocycles. The Morgan fingerprint density at radius 1 is 0.667 bits per heavy atom. The molecule has 0 bridgehead atoms. The zero-order valence-electron chi connectivity index (χ0n) is 13.1. The first-order valence-electron chi connectivity index (χ1n) is 7.97. The molecule has 0 saturated carbocycles. The lowest BCUT2D eigenvalue weighted by Crippen LogP contribution is -2.04. The fourth-order valence-electron chi connectivity index (χ4n) is 3.21. The predicted octanol–water partition coefficient (Wildman–Crippen LogP) is 6.07. The van der Waals surface area contributed by atoms with E-state index in [9.17, 15) is 0 Å². The van der Waals surface area contributed by atoms with Gasteiger partial charge in [0.2, 0.25) is 0 Å². The van der Waals surface area contributed by atoms with Gasteiger partial charge < -0.3 is 0 Å². The van der Waals surface area contributed by atoms with Gasteiger partial charge in [0.1, 0.15) is 0 Å². The highest BCUT2D eigenvalue weighted by Gasteiger charge is 2.19. The lowest BCUT2D eigenvalue weighted by molar-refractivity contribution is 0.983. The van der Waals surface area contributed by atoms with Gasteiger partial charge >= 0.3 is 0 Å². The van der Waals surface area contributed by atoms with Crippen LogP contribution >= 0.6 is 11.6 Å². The number of fused-ring (bicyclic) bond motifs is 1. The molecule has 0 N–H and O–H groups in total. The first kappa shape index (κ1) is 14.9. The zero-order valence-corrected chi connectivity index (χ0v) is 13.8. The van der Waals surface area contributed by atoms with Crippen molar-refractivity contribution < 1.29 is 0 Å². The van der Waals surface area contributed by atoms with Crippen LogP contribution in [0.3, 0.4) is 0 Å². The van der Waals surface area contributed by atoms with E-state index in [4.69, 9.17) is 11.6 Å². The topological polar surface area (TPSA) is 12.9 Å². The van der Waals surface area contributed by atoms with Crippen LogP contribution in [0.5, 0.6) is 0 Å². The summed E-state index contributed by atoms with van der Waals surface area (Å²) < 4.78 is 0. The first-order chi connectivity index (χ1) is 11.8. The summed E-state index contributed by atoms with van der Waals surface area (Å²) in [7, 11) is 0. The Labute approximate surface area is 146 Å². The van der Waals surface area contributed by atoms with Crippen LogP contribution in [0.15, 0.2) is 91.1 Å². The van der Waals surface area contributed by atoms with Gasteiger partial charge in [-0.2, -0.15) is 0 Å². The van der Waals surface area contributed by atoms with Gasteiger partial charge in [0.25, 0.3) is 0 Å². The summed E-state index contributed by atoms with van der Waals surface area (Å²) in [6, 6.07) is 29.1. The summed E-state index contributed by atoms with van der Waals surface area (Å²) in [6.45, 7) is 0. The summed E-state index contributed by atoms with van der Waals surface area (Å²) in [5.74, 6) is 0.127. The summed E-state index contributed by atoms with van der Waals surface area (Å²) in [6.07, 6.45) is 1.86. The van der Waals surface area contributed by atoms with E-state index in [0.29, 0.717) is 0 Å². The molecule has 1 atom stereocenters. The molecule has 0 radical (unpaired) electrons. The van der Waals surface area contributed by atoms with Crippen LogP contribution < -0.4 is 0 Å². The number of nitrogens with zero attached hydrogens (tertiary/aromatic N) is 1. The minimum atomic E-state index is 0.127. The Kier molecular flexibility index (Phi) is 4.02.